The van der Waals surface area contributed by atoms with Gasteiger partial charge in [0.1, 0.15) is 12.8 Å². The van der Waals surface area contributed by atoms with Crippen molar-refractivity contribution in [1.29, 1.82) is 0 Å². The minimum Gasteiger partial charge on any atom is -0.368 e. The van der Waals surface area contributed by atoms with Crippen LogP contribution in [0.2, 0.25) is 0 Å². The predicted molar refractivity (Wildman–Crippen MR) is 53.2 cm³/mol. The first-order chi connectivity index (χ1) is 7.43. The van der Waals surface area contributed by atoms with Crippen molar-refractivity contribution >= 4 is 5.69 Å². The van der Waals surface area contributed by atoms with E-state index in [0.717, 1.165) is 12.1 Å². The first kappa shape index (κ1) is 12.8. The molecule has 1 aromatic carbocycles. The molecule has 0 aromatic heterocycles. The Labute approximate surface area is 90.3 Å². The van der Waals surface area contributed by atoms with Gasteiger partial charge in [0.2, 0.25) is 0 Å². The van der Waals surface area contributed by atoms with Crippen LogP contribution in [0.25, 0.3) is 0 Å². The predicted octanol–water partition coefficient (Wildman–Crippen LogP) is 1.29. The fraction of sp³-hybridized carbons (Fsp3) is 0.333. The van der Waals surface area contributed by atoms with Crippen molar-refractivity contribution in [2.75, 3.05) is 11.9 Å². The maximum atomic E-state index is 12.2. The SMILES string of the molecule is NOCC(N)Nc1ccc(C(F)(F)F)cc1. The summed E-state index contributed by atoms with van der Waals surface area (Å²) in [7, 11) is 0. The van der Waals surface area contributed by atoms with Gasteiger partial charge in [0.15, 0.2) is 0 Å². The first-order valence-corrected chi connectivity index (χ1v) is 4.44. The molecule has 0 heterocycles. The van der Waals surface area contributed by atoms with Crippen LogP contribution in [0.15, 0.2) is 24.3 Å². The van der Waals surface area contributed by atoms with Crippen LogP contribution in [0, 0.1) is 0 Å². The number of hydrogen-bond acceptors (Lipinski definition) is 4. The molecule has 0 aliphatic heterocycles. The monoisotopic (exact) mass is 235 g/mol. The number of rotatable bonds is 4. The van der Waals surface area contributed by atoms with Crippen LogP contribution in [-0.4, -0.2) is 12.8 Å². The van der Waals surface area contributed by atoms with E-state index in [0.29, 0.717) is 5.69 Å². The lowest BCUT2D eigenvalue weighted by atomic mass is 10.2. The number of halogens is 3. The highest BCUT2D eigenvalue weighted by Crippen LogP contribution is 2.29. The number of alkyl halides is 3. The van der Waals surface area contributed by atoms with E-state index in [4.69, 9.17) is 11.6 Å². The van der Waals surface area contributed by atoms with E-state index in [1.807, 2.05) is 0 Å². The maximum absolute atomic E-state index is 12.2. The lowest BCUT2D eigenvalue weighted by Crippen LogP contribution is -2.35. The van der Waals surface area contributed by atoms with Gasteiger partial charge >= 0.3 is 6.18 Å². The Kier molecular flexibility index (Phi) is 4.11. The largest absolute Gasteiger partial charge is 0.416 e. The molecule has 0 aliphatic rings. The second-order valence-electron chi connectivity index (χ2n) is 3.16. The van der Waals surface area contributed by atoms with Gasteiger partial charge in [0, 0.05) is 5.69 Å². The Morgan fingerprint density at radius 3 is 2.25 bits per heavy atom. The highest BCUT2D eigenvalue weighted by atomic mass is 19.4. The third-order valence-electron chi connectivity index (χ3n) is 1.84. The summed E-state index contributed by atoms with van der Waals surface area (Å²) in [5.74, 6) is 4.80. The van der Waals surface area contributed by atoms with Gasteiger partial charge in [0.25, 0.3) is 0 Å². The highest BCUT2D eigenvalue weighted by molar-refractivity contribution is 5.45. The van der Waals surface area contributed by atoms with Gasteiger partial charge in [-0.15, -0.1) is 0 Å². The zero-order chi connectivity index (χ0) is 12.2. The normalized spacial score (nSPS) is 13.6. The third-order valence-corrected chi connectivity index (χ3v) is 1.84. The molecule has 0 amide bonds. The van der Waals surface area contributed by atoms with Crippen molar-refractivity contribution in [2.45, 2.75) is 12.3 Å². The van der Waals surface area contributed by atoms with Gasteiger partial charge in [-0.05, 0) is 24.3 Å². The summed E-state index contributed by atoms with van der Waals surface area (Å²) in [6.07, 6.45) is -4.90. The zero-order valence-corrected chi connectivity index (χ0v) is 8.29. The molecule has 1 unspecified atom stereocenters. The number of anilines is 1. The second-order valence-corrected chi connectivity index (χ2v) is 3.16. The van der Waals surface area contributed by atoms with Crippen molar-refractivity contribution in [3.8, 4) is 0 Å². The van der Waals surface area contributed by atoms with Crippen molar-refractivity contribution < 1.29 is 18.0 Å². The molecule has 0 fully saturated rings. The Hall–Kier alpha value is -1.31. The van der Waals surface area contributed by atoms with Gasteiger partial charge < -0.3 is 15.9 Å². The average molecular weight is 235 g/mol. The minimum atomic E-state index is -4.33. The molecule has 1 rings (SSSR count). The van der Waals surface area contributed by atoms with Crippen molar-refractivity contribution in [3.63, 3.8) is 0 Å². The summed E-state index contributed by atoms with van der Waals surface area (Å²) in [6, 6.07) is 4.52. The smallest absolute Gasteiger partial charge is 0.368 e. The lowest BCUT2D eigenvalue weighted by Gasteiger charge is -2.14. The Morgan fingerprint density at radius 1 is 1.25 bits per heavy atom. The van der Waals surface area contributed by atoms with E-state index in [2.05, 4.69) is 10.2 Å². The molecule has 0 aliphatic carbocycles. The van der Waals surface area contributed by atoms with E-state index >= 15 is 0 Å². The average Bonchev–Trinajstić information content (AvgIpc) is 2.17. The number of benzene rings is 1. The zero-order valence-electron chi connectivity index (χ0n) is 8.29. The van der Waals surface area contributed by atoms with Crippen LogP contribution in [0.4, 0.5) is 18.9 Å². The molecule has 0 saturated heterocycles. The summed E-state index contributed by atoms with van der Waals surface area (Å²) >= 11 is 0. The Morgan fingerprint density at radius 2 is 1.81 bits per heavy atom. The molecular formula is C9H12F3N3O. The van der Waals surface area contributed by atoms with Gasteiger partial charge in [-0.1, -0.05) is 0 Å². The quantitative estimate of drug-likeness (QED) is 0.543. The summed E-state index contributed by atoms with van der Waals surface area (Å²) < 4.78 is 36.7. The standard InChI is InChI=1S/C9H12F3N3O/c10-9(11,12)6-1-3-7(4-2-6)15-8(13)5-16-14/h1-4,8,15H,5,13-14H2. The number of nitrogens with two attached hydrogens (primary N) is 2. The molecule has 7 heteroatoms. The lowest BCUT2D eigenvalue weighted by molar-refractivity contribution is -0.137. The van der Waals surface area contributed by atoms with Crippen LogP contribution in [-0.2, 0) is 11.0 Å². The molecule has 5 N–H and O–H groups in total. The number of nitrogens with one attached hydrogen (secondary N) is 1. The minimum absolute atomic E-state index is 0.0566. The number of hydrogen-bond donors (Lipinski definition) is 3. The fourth-order valence-corrected chi connectivity index (χ4v) is 1.11. The van der Waals surface area contributed by atoms with Crippen LogP contribution >= 0.6 is 0 Å². The van der Waals surface area contributed by atoms with E-state index in [9.17, 15) is 13.2 Å². The Balaban J connectivity index is 2.65. The fourth-order valence-electron chi connectivity index (χ4n) is 1.11. The molecule has 0 radical (unpaired) electrons. The molecule has 0 bridgehead atoms. The molecule has 1 atom stereocenters. The van der Waals surface area contributed by atoms with Gasteiger partial charge in [-0.25, -0.2) is 5.90 Å². The molecule has 16 heavy (non-hydrogen) atoms. The van der Waals surface area contributed by atoms with Crippen LogP contribution < -0.4 is 16.9 Å². The van der Waals surface area contributed by atoms with Crippen molar-refractivity contribution in [1.82, 2.24) is 0 Å². The summed E-state index contributed by atoms with van der Waals surface area (Å²) in [4.78, 5) is 4.29. The summed E-state index contributed by atoms with van der Waals surface area (Å²) in [6.45, 7) is 0.0566. The third kappa shape index (κ3) is 3.69. The Bertz CT molecular complexity index is 326. The van der Waals surface area contributed by atoms with Gasteiger partial charge in [-0.3, -0.25) is 0 Å². The van der Waals surface area contributed by atoms with Crippen molar-refractivity contribution in [2.24, 2.45) is 11.6 Å². The molecule has 0 spiro atoms. The van der Waals surface area contributed by atoms with Crippen LogP contribution in [0.3, 0.4) is 0 Å². The van der Waals surface area contributed by atoms with Gasteiger partial charge in [0.05, 0.1) is 5.56 Å². The topological polar surface area (TPSA) is 73.3 Å². The highest BCUT2D eigenvalue weighted by Gasteiger charge is 2.29. The van der Waals surface area contributed by atoms with E-state index in [1.54, 1.807) is 0 Å². The first-order valence-electron chi connectivity index (χ1n) is 4.44. The summed E-state index contributed by atoms with van der Waals surface area (Å²) in [5, 5.41) is 2.73. The molecule has 90 valence electrons. The van der Waals surface area contributed by atoms with Crippen LogP contribution in [0.1, 0.15) is 5.56 Å². The molecule has 0 saturated carbocycles. The van der Waals surface area contributed by atoms with E-state index in [1.165, 1.54) is 12.1 Å². The second kappa shape index (κ2) is 5.15. The van der Waals surface area contributed by atoms with Crippen LogP contribution in [0.5, 0.6) is 0 Å². The molecule has 4 nitrogen and oxygen atoms in total. The van der Waals surface area contributed by atoms with E-state index < -0.39 is 17.9 Å². The maximum Gasteiger partial charge on any atom is 0.416 e. The molecular weight excluding hydrogens is 223 g/mol. The van der Waals surface area contributed by atoms with E-state index in [-0.39, 0.29) is 6.61 Å². The molecule has 1 aromatic rings. The summed E-state index contributed by atoms with van der Waals surface area (Å²) in [5.41, 5.74) is 5.26. The van der Waals surface area contributed by atoms with Gasteiger partial charge in [-0.2, -0.15) is 13.2 Å². The van der Waals surface area contributed by atoms with Crippen molar-refractivity contribution in [3.05, 3.63) is 29.8 Å².